The third-order valence-electron chi connectivity index (χ3n) is 1.20. The van der Waals surface area contributed by atoms with E-state index < -0.39 is 5.60 Å². The first kappa shape index (κ1) is 7.65. The van der Waals surface area contributed by atoms with Gasteiger partial charge in [-0.25, -0.2) is 4.98 Å². The molecule has 0 spiro atoms. The van der Waals surface area contributed by atoms with Gasteiger partial charge in [0.2, 0.25) is 0 Å². The lowest BCUT2D eigenvalue weighted by molar-refractivity contribution is -0.00244. The number of aromatic nitrogens is 1. The molecule has 4 heteroatoms. The van der Waals surface area contributed by atoms with Crippen molar-refractivity contribution >= 4 is 11.3 Å². The zero-order valence-corrected chi connectivity index (χ0v) is 6.43. The van der Waals surface area contributed by atoms with E-state index in [1.807, 2.05) is 0 Å². The van der Waals surface area contributed by atoms with Crippen LogP contribution in [0.4, 0.5) is 0 Å². The second kappa shape index (κ2) is 2.65. The monoisotopic (exact) mass is 159 g/mol. The van der Waals surface area contributed by atoms with Crippen molar-refractivity contribution in [3.63, 3.8) is 0 Å². The number of aliphatic hydroxyl groups is 2. The fraction of sp³-hybridized carbons (Fsp3) is 0.500. The van der Waals surface area contributed by atoms with Gasteiger partial charge < -0.3 is 10.2 Å². The minimum Gasteiger partial charge on any atom is -0.393 e. The fourth-order valence-electron chi connectivity index (χ4n) is 0.557. The van der Waals surface area contributed by atoms with E-state index in [9.17, 15) is 5.11 Å². The standard InChI is InChI=1S/C6H9NO2S/c1-6(9,4-8)5-7-2-3-10-5/h2-3,8-9H,4H2,1H3. The summed E-state index contributed by atoms with van der Waals surface area (Å²) in [4.78, 5) is 3.87. The van der Waals surface area contributed by atoms with Crippen molar-refractivity contribution in [1.82, 2.24) is 4.98 Å². The van der Waals surface area contributed by atoms with E-state index in [1.165, 1.54) is 18.3 Å². The van der Waals surface area contributed by atoms with E-state index in [0.29, 0.717) is 5.01 Å². The molecule has 1 aromatic heterocycles. The van der Waals surface area contributed by atoms with Crippen molar-refractivity contribution < 1.29 is 10.2 Å². The van der Waals surface area contributed by atoms with Crippen molar-refractivity contribution in [2.75, 3.05) is 6.61 Å². The van der Waals surface area contributed by atoms with Crippen LogP contribution in [0.5, 0.6) is 0 Å². The Balaban J connectivity index is 2.85. The topological polar surface area (TPSA) is 53.4 Å². The van der Waals surface area contributed by atoms with E-state index in [-0.39, 0.29) is 6.61 Å². The zero-order valence-electron chi connectivity index (χ0n) is 5.61. The molecule has 0 aliphatic rings. The van der Waals surface area contributed by atoms with Gasteiger partial charge in [-0.3, -0.25) is 0 Å². The first-order chi connectivity index (χ1) is 4.67. The third kappa shape index (κ3) is 1.34. The molecule has 0 saturated carbocycles. The van der Waals surface area contributed by atoms with Gasteiger partial charge in [-0.15, -0.1) is 11.3 Å². The van der Waals surface area contributed by atoms with E-state index >= 15 is 0 Å². The number of thiazole rings is 1. The van der Waals surface area contributed by atoms with Gasteiger partial charge in [0.15, 0.2) is 0 Å². The molecule has 10 heavy (non-hydrogen) atoms. The maximum atomic E-state index is 9.38. The van der Waals surface area contributed by atoms with Crippen molar-refractivity contribution in [2.24, 2.45) is 0 Å². The SMILES string of the molecule is CC(O)(CO)c1nccs1. The number of aliphatic hydroxyl groups excluding tert-OH is 1. The van der Waals surface area contributed by atoms with Crippen LogP contribution in [0.2, 0.25) is 0 Å². The molecule has 0 aromatic carbocycles. The Kier molecular flexibility index (Phi) is 2.03. The van der Waals surface area contributed by atoms with Crippen LogP contribution in [0.25, 0.3) is 0 Å². The Bertz CT molecular complexity index is 196. The molecule has 2 N–H and O–H groups in total. The number of nitrogens with zero attached hydrogens (tertiary/aromatic N) is 1. The average Bonchev–Trinajstić information content (AvgIpc) is 2.38. The smallest absolute Gasteiger partial charge is 0.136 e. The Morgan fingerprint density at radius 3 is 2.90 bits per heavy atom. The van der Waals surface area contributed by atoms with Gasteiger partial charge in [0.05, 0.1) is 6.61 Å². The quantitative estimate of drug-likeness (QED) is 0.654. The summed E-state index contributed by atoms with van der Waals surface area (Å²) in [5.74, 6) is 0. The van der Waals surface area contributed by atoms with E-state index in [1.54, 1.807) is 11.6 Å². The van der Waals surface area contributed by atoms with Gasteiger partial charge in [-0.2, -0.15) is 0 Å². The molecule has 1 unspecified atom stereocenters. The van der Waals surface area contributed by atoms with E-state index in [0.717, 1.165) is 0 Å². The summed E-state index contributed by atoms with van der Waals surface area (Å²) in [6.07, 6.45) is 1.60. The van der Waals surface area contributed by atoms with Gasteiger partial charge in [0.25, 0.3) is 0 Å². The summed E-state index contributed by atoms with van der Waals surface area (Å²) in [6.45, 7) is 1.24. The minimum absolute atomic E-state index is 0.291. The van der Waals surface area contributed by atoms with Crippen LogP contribution in [0.3, 0.4) is 0 Å². The minimum atomic E-state index is -1.17. The van der Waals surface area contributed by atoms with Crippen molar-refractivity contribution in [2.45, 2.75) is 12.5 Å². The average molecular weight is 159 g/mol. The second-order valence-electron chi connectivity index (χ2n) is 2.27. The zero-order chi connectivity index (χ0) is 7.61. The van der Waals surface area contributed by atoms with Crippen LogP contribution in [0.1, 0.15) is 11.9 Å². The van der Waals surface area contributed by atoms with Gasteiger partial charge in [-0.1, -0.05) is 0 Å². The molecule has 0 amide bonds. The highest BCUT2D eigenvalue weighted by Gasteiger charge is 2.24. The highest BCUT2D eigenvalue weighted by atomic mass is 32.1. The maximum Gasteiger partial charge on any atom is 0.136 e. The lowest BCUT2D eigenvalue weighted by atomic mass is 10.1. The third-order valence-corrected chi connectivity index (χ3v) is 2.23. The summed E-state index contributed by atoms with van der Waals surface area (Å²) >= 11 is 1.33. The highest BCUT2D eigenvalue weighted by molar-refractivity contribution is 7.09. The first-order valence-corrected chi connectivity index (χ1v) is 3.78. The lowest BCUT2D eigenvalue weighted by Crippen LogP contribution is -2.25. The fourth-order valence-corrected chi connectivity index (χ4v) is 1.25. The van der Waals surface area contributed by atoms with Gasteiger partial charge in [0, 0.05) is 11.6 Å². The normalized spacial score (nSPS) is 16.7. The van der Waals surface area contributed by atoms with Crippen LogP contribution in [0, 0.1) is 0 Å². The van der Waals surface area contributed by atoms with Gasteiger partial charge in [-0.05, 0) is 6.92 Å². The molecule has 0 bridgehead atoms. The van der Waals surface area contributed by atoms with Gasteiger partial charge in [0.1, 0.15) is 10.6 Å². The molecule has 1 aromatic rings. The molecule has 0 aliphatic carbocycles. The summed E-state index contributed by atoms with van der Waals surface area (Å²) < 4.78 is 0. The predicted molar refractivity (Wildman–Crippen MR) is 38.8 cm³/mol. The molecule has 0 aliphatic heterocycles. The molecule has 0 fully saturated rings. The molecule has 1 atom stereocenters. The molecular weight excluding hydrogens is 150 g/mol. The number of hydrogen-bond acceptors (Lipinski definition) is 4. The number of rotatable bonds is 2. The van der Waals surface area contributed by atoms with E-state index in [4.69, 9.17) is 5.11 Å². The summed E-state index contributed by atoms with van der Waals surface area (Å²) in [6, 6.07) is 0. The van der Waals surface area contributed by atoms with Crippen LogP contribution in [-0.4, -0.2) is 21.8 Å². The molecule has 1 heterocycles. The van der Waals surface area contributed by atoms with Crippen molar-refractivity contribution in [1.29, 1.82) is 0 Å². The maximum absolute atomic E-state index is 9.38. The molecule has 0 radical (unpaired) electrons. The molecule has 56 valence electrons. The largest absolute Gasteiger partial charge is 0.393 e. The Labute approximate surface area is 63.0 Å². The predicted octanol–water partition coefficient (Wildman–Crippen LogP) is 0.343. The summed E-state index contributed by atoms with van der Waals surface area (Å²) in [5.41, 5.74) is -1.17. The second-order valence-corrected chi connectivity index (χ2v) is 3.16. The van der Waals surface area contributed by atoms with Crippen LogP contribution in [-0.2, 0) is 5.60 Å². The molecule has 0 saturated heterocycles. The van der Waals surface area contributed by atoms with Crippen LogP contribution >= 0.6 is 11.3 Å². The summed E-state index contributed by atoms with van der Waals surface area (Å²) in [5, 5.41) is 20.4. The Hall–Kier alpha value is -0.450. The van der Waals surface area contributed by atoms with Crippen molar-refractivity contribution in [3.8, 4) is 0 Å². The van der Waals surface area contributed by atoms with Crippen molar-refractivity contribution in [3.05, 3.63) is 16.6 Å². The van der Waals surface area contributed by atoms with Crippen LogP contribution in [0.15, 0.2) is 11.6 Å². The number of hydrogen-bond donors (Lipinski definition) is 2. The lowest BCUT2D eigenvalue weighted by Gasteiger charge is -2.15. The molecule has 1 rings (SSSR count). The Morgan fingerprint density at radius 2 is 2.50 bits per heavy atom. The summed E-state index contributed by atoms with van der Waals surface area (Å²) in [7, 11) is 0. The highest BCUT2D eigenvalue weighted by Crippen LogP contribution is 2.21. The van der Waals surface area contributed by atoms with E-state index in [2.05, 4.69) is 4.98 Å². The molecular formula is C6H9NO2S. The van der Waals surface area contributed by atoms with Crippen LogP contribution < -0.4 is 0 Å². The molecule has 3 nitrogen and oxygen atoms in total. The Morgan fingerprint density at radius 1 is 1.80 bits per heavy atom. The first-order valence-electron chi connectivity index (χ1n) is 2.90. The van der Waals surface area contributed by atoms with Gasteiger partial charge >= 0.3 is 0 Å².